The highest BCUT2D eigenvalue weighted by Gasteiger charge is 2.35. The third kappa shape index (κ3) is 2.85. The van der Waals surface area contributed by atoms with E-state index in [9.17, 15) is 4.79 Å². The number of carbonyl (C=O) groups excluding carboxylic acids is 1. The molecule has 21 heavy (non-hydrogen) atoms. The summed E-state index contributed by atoms with van der Waals surface area (Å²) in [5.74, 6) is 1.12. The molecule has 2 saturated heterocycles. The molecule has 0 aromatic carbocycles. The minimum Gasteiger partial charge on any atom is -0.343 e. The summed E-state index contributed by atoms with van der Waals surface area (Å²) in [6, 6.07) is -0.0714. The molecule has 1 unspecified atom stereocenters. The molecule has 1 aromatic heterocycles. The van der Waals surface area contributed by atoms with Crippen LogP contribution in [0.3, 0.4) is 0 Å². The van der Waals surface area contributed by atoms with Crippen molar-refractivity contribution >= 4 is 11.7 Å². The molecule has 2 aliphatic heterocycles. The average molecular weight is 289 g/mol. The van der Waals surface area contributed by atoms with Crippen molar-refractivity contribution in [1.82, 2.24) is 20.2 Å². The lowest BCUT2D eigenvalue weighted by Crippen LogP contribution is -2.52. The van der Waals surface area contributed by atoms with E-state index in [2.05, 4.69) is 20.2 Å². The van der Waals surface area contributed by atoms with Crippen molar-refractivity contribution in [2.45, 2.75) is 32.7 Å². The summed E-state index contributed by atoms with van der Waals surface area (Å²) >= 11 is 0. The van der Waals surface area contributed by atoms with Crippen molar-refractivity contribution in [2.24, 2.45) is 0 Å². The number of anilines is 1. The van der Waals surface area contributed by atoms with Gasteiger partial charge in [-0.15, -0.1) is 0 Å². The van der Waals surface area contributed by atoms with E-state index in [1.165, 1.54) is 0 Å². The van der Waals surface area contributed by atoms with Crippen LogP contribution in [0.1, 0.15) is 24.2 Å². The van der Waals surface area contributed by atoms with Crippen molar-refractivity contribution in [3.05, 3.63) is 17.6 Å². The second-order valence-corrected chi connectivity index (χ2v) is 5.85. The van der Waals surface area contributed by atoms with E-state index in [0.29, 0.717) is 0 Å². The third-order valence-electron chi connectivity index (χ3n) is 4.29. The first-order chi connectivity index (χ1) is 10.2. The van der Waals surface area contributed by atoms with Crippen LogP contribution in [0.2, 0.25) is 0 Å². The van der Waals surface area contributed by atoms with Crippen molar-refractivity contribution in [2.75, 3.05) is 37.6 Å². The monoisotopic (exact) mass is 289 g/mol. The van der Waals surface area contributed by atoms with Crippen molar-refractivity contribution < 1.29 is 4.79 Å². The van der Waals surface area contributed by atoms with Gasteiger partial charge >= 0.3 is 0 Å². The van der Waals surface area contributed by atoms with Crippen LogP contribution in [0.15, 0.2) is 6.20 Å². The zero-order chi connectivity index (χ0) is 14.8. The summed E-state index contributed by atoms with van der Waals surface area (Å²) in [5.41, 5.74) is 1.80. The van der Waals surface area contributed by atoms with Crippen LogP contribution in [-0.4, -0.2) is 59.5 Å². The predicted molar refractivity (Wildman–Crippen MR) is 81.3 cm³/mol. The second kappa shape index (κ2) is 5.97. The molecule has 0 bridgehead atoms. The van der Waals surface area contributed by atoms with Gasteiger partial charge in [-0.3, -0.25) is 9.78 Å². The minimum atomic E-state index is -0.0714. The van der Waals surface area contributed by atoms with Gasteiger partial charge in [-0.1, -0.05) is 0 Å². The number of piperazine rings is 1. The molecule has 6 heteroatoms. The highest BCUT2D eigenvalue weighted by atomic mass is 16.2. The number of aromatic nitrogens is 2. The predicted octanol–water partition coefficient (Wildman–Crippen LogP) is 0.494. The molecule has 6 nitrogen and oxygen atoms in total. The lowest BCUT2D eigenvalue weighted by Gasteiger charge is -2.33. The Morgan fingerprint density at radius 3 is 2.81 bits per heavy atom. The van der Waals surface area contributed by atoms with Gasteiger partial charge in [-0.25, -0.2) is 4.98 Å². The summed E-state index contributed by atoms with van der Waals surface area (Å²) in [6.45, 7) is 8.19. The smallest absolute Gasteiger partial charge is 0.245 e. The van der Waals surface area contributed by atoms with Crippen LogP contribution in [0.5, 0.6) is 0 Å². The second-order valence-electron chi connectivity index (χ2n) is 5.85. The molecule has 1 N–H and O–H groups in total. The standard InChI is InChI=1S/C15H23N5O/c1-11-10-17-12(2)14(18-11)20-7-3-4-13(20)15(21)19-8-5-16-6-9-19/h10,13,16H,3-9H2,1-2H3. The first-order valence-electron chi connectivity index (χ1n) is 7.73. The number of carbonyl (C=O) groups is 1. The Bertz CT molecular complexity index is 527. The zero-order valence-corrected chi connectivity index (χ0v) is 12.8. The van der Waals surface area contributed by atoms with E-state index >= 15 is 0 Å². The van der Waals surface area contributed by atoms with Crippen LogP contribution in [-0.2, 0) is 4.79 Å². The first-order valence-corrected chi connectivity index (χ1v) is 7.73. The molecule has 114 valence electrons. The SMILES string of the molecule is Cc1cnc(C)c(N2CCCC2C(=O)N2CCNCC2)n1. The Kier molecular flexibility index (Phi) is 4.05. The summed E-state index contributed by atoms with van der Waals surface area (Å²) in [6.07, 6.45) is 3.73. The highest BCUT2D eigenvalue weighted by molar-refractivity contribution is 5.86. The minimum absolute atomic E-state index is 0.0714. The van der Waals surface area contributed by atoms with Gasteiger partial charge in [-0.05, 0) is 26.7 Å². The Labute approximate surface area is 125 Å². The number of rotatable bonds is 2. The lowest BCUT2D eigenvalue weighted by atomic mass is 10.1. The summed E-state index contributed by atoms with van der Waals surface area (Å²) in [4.78, 5) is 25.9. The normalized spacial score (nSPS) is 22.7. The highest BCUT2D eigenvalue weighted by Crippen LogP contribution is 2.27. The van der Waals surface area contributed by atoms with Crippen LogP contribution in [0.25, 0.3) is 0 Å². The van der Waals surface area contributed by atoms with Crippen molar-refractivity contribution in [1.29, 1.82) is 0 Å². The van der Waals surface area contributed by atoms with Crippen LogP contribution in [0, 0.1) is 13.8 Å². The lowest BCUT2D eigenvalue weighted by molar-refractivity contribution is -0.133. The fourth-order valence-corrected chi connectivity index (χ4v) is 3.17. The van der Waals surface area contributed by atoms with Gasteiger partial charge in [0.25, 0.3) is 0 Å². The first kappa shape index (κ1) is 14.3. The van der Waals surface area contributed by atoms with Gasteiger partial charge in [0, 0.05) is 38.9 Å². The molecule has 1 atom stereocenters. The molecule has 1 aromatic rings. The number of amides is 1. The number of nitrogens with one attached hydrogen (secondary N) is 1. The molecule has 0 saturated carbocycles. The topological polar surface area (TPSA) is 61.4 Å². The van der Waals surface area contributed by atoms with Crippen molar-refractivity contribution in [3.8, 4) is 0 Å². The number of hydrogen-bond acceptors (Lipinski definition) is 5. The van der Waals surface area contributed by atoms with E-state index in [-0.39, 0.29) is 11.9 Å². The molecule has 2 aliphatic rings. The maximum Gasteiger partial charge on any atom is 0.245 e. The van der Waals surface area contributed by atoms with Crippen LogP contribution < -0.4 is 10.2 Å². The van der Waals surface area contributed by atoms with E-state index in [1.54, 1.807) is 6.20 Å². The number of aryl methyl sites for hydroxylation is 2. The summed E-state index contributed by atoms with van der Waals surface area (Å²) < 4.78 is 0. The molecule has 3 rings (SSSR count). The van der Waals surface area contributed by atoms with Crippen LogP contribution in [0.4, 0.5) is 5.82 Å². The summed E-state index contributed by atoms with van der Waals surface area (Å²) in [5, 5.41) is 3.29. The largest absolute Gasteiger partial charge is 0.343 e. The molecule has 2 fully saturated rings. The average Bonchev–Trinajstić information content (AvgIpc) is 2.99. The Morgan fingerprint density at radius 2 is 2.05 bits per heavy atom. The zero-order valence-electron chi connectivity index (χ0n) is 12.8. The quantitative estimate of drug-likeness (QED) is 0.859. The summed E-state index contributed by atoms with van der Waals surface area (Å²) in [7, 11) is 0. The number of hydrogen-bond donors (Lipinski definition) is 1. The van der Waals surface area contributed by atoms with Gasteiger partial charge in [0.15, 0.2) is 5.82 Å². The third-order valence-corrected chi connectivity index (χ3v) is 4.29. The van der Waals surface area contributed by atoms with E-state index < -0.39 is 0 Å². The van der Waals surface area contributed by atoms with E-state index in [1.807, 2.05) is 18.7 Å². The fourth-order valence-electron chi connectivity index (χ4n) is 3.17. The maximum absolute atomic E-state index is 12.8. The Hall–Kier alpha value is -1.69. The van der Waals surface area contributed by atoms with Gasteiger partial charge in [-0.2, -0.15) is 0 Å². The molecular formula is C15H23N5O. The van der Waals surface area contributed by atoms with Crippen molar-refractivity contribution in [3.63, 3.8) is 0 Å². The van der Waals surface area contributed by atoms with Gasteiger partial charge in [0.1, 0.15) is 6.04 Å². The Morgan fingerprint density at radius 1 is 1.29 bits per heavy atom. The number of nitrogens with zero attached hydrogens (tertiary/aromatic N) is 4. The van der Waals surface area contributed by atoms with Gasteiger partial charge in [0.2, 0.25) is 5.91 Å². The van der Waals surface area contributed by atoms with Gasteiger partial charge < -0.3 is 15.1 Å². The maximum atomic E-state index is 12.8. The molecule has 1 amide bonds. The molecule has 3 heterocycles. The molecular weight excluding hydrogens is 266 g/mol. The molecule has 0 radical (unpaired) electrons. The Balaban J connectivity index is 1.81. The van der Waals surface area contributed by atoms with E-state index in [0.717, 1.165) is 62.8 Å². The molecule has 0 aliphatic carbocycles. The van der Waals surface area contributed by atoms with Gasteiger partial charge in [0.05, 0.1) is 11.4 Å². The fraction of sp³-hybridized carbons (Fsp3) is 0.667. The molecule has 0 spiro atoms. The van der Waals surface area contributed by atoms with E-state index in [4.69, 9.17) is 0 Å². The van der Waals surface area contributed by atoms with Crippen LogP contribution >= 0.6 is 0 Å².